The van der Waals surface area contributed by atoms with Crippen molar-refractivity contribution in [1.29, 1.82) is 0 Å². The van der Waals surface area contributed by atoms with Gasteiger partial charge in [-0.1, -0.05) is 12.1 Å². The van der Waals surface area contributed by atoms with Gasteiger partial charge in [-0.15, -0.1) is 11.8 Å². The Labute approximate surface area is 87.3 Å². The second kappa shape index (κ2) is 4.02. The molecule has 0 aliphatic carbocycles. The normalized spacial score (nSPS) is 14.8. The number of hydrogen-bond donors (Lipinski definition) is 2. The molecule has 1 unspecified atom stereocenters. The molecule has 0 radical (unpaired) electrons. The van der Waals surface area contributed by atoms with E-state index in [9.17, 15) is 9.90 Å². The molecule has 0 aliphatic heterocycles. The van der Waals surface area contributed by atoms with Gasteiger partial charge in [0, 0.05) is 4.90 Å². The van der Waals surface area contributed by atoms with Crippen LogP contribution < -0.4 is 5.73 Å². The molecule has 3 N–H and O–H groups in total. The molecule has 14 heavy (non-hydrogen) atoms. The molecule has 1 atom stereocenters. The minimum absolute atomic E-state index is 0.516. The van der Waals surface area contributed by atoms with Crippen molar-refractivity contribution in [2.24, 2.45) is 5.73 Å². The van der Waals surface area contributed by atoms with Crippen LogP contribution >= 0.6 is 11.8 Å². The van der Waals surface area contributed by atoms with Crippen molar-refractivity contribution >= 4 is 17.7 Å². The Bertz CT molecular complexity index is 332. The van der Waals surface area contributed by atoms with E-state index in [1.165, 1.54) is 6.92 Å². The van der Waals surface area contributed by atoms with Crippen molar-refractivity contribution in [3.8, 4) is 0 Å². The van der Waals surface area contributed by atoms with Crippen molar-refractivity contribution in [2.45, 2.75) is 17.4 Å². The average molecular weight is 211 g/mol. The lowest BCUT2D eigenvalue weighted by molar-refractivity contribution is -0.135. The van der Waals surface area contributed by atoms with Gasteiger partial charge in [-0.05, 0) is 30.9 Å². The van der Waals surface area contributed by atoms with E-state index in [1.54, 1.807) is 23.9 Å². The summed E-state index contributed by atoms with van der Waals surface area (Å²) >= 11 is 1.60. The van der Waals surface area contributed by atoms with Gasteiger partial charge in [0.15, 0.2) is 5.60 Å². The highest BCUT2D eigenvalue weighted by Gasteiger charge is 2.29. The second-order valence-electron chi connectivity index (χ2n) is 3.16. The Morgan fingerprint density at radius 3 is 2.29 bits per heavy atom. The van der Waals surface area contributed by atoms with Crippen LogP contribution in [0.15, 0.2) is 29.2 Å². The number of thioether (sulfide) groups is 1. The van der Waals surface area contributed by atoms with Crippen molar-refractivity contribution in [1.82, 2.24) is 0 Å². The number of primary amides is 1. The summed E-state index contributed by atoms with van der Waals surface area (Å²) in [5, 5.41) is 9.75. The fraction of sp³-hybridized carbons (Fsp3) is 0.300. The number of benzene rings is 1. The summed E-state index contributed by atoms with van der Waals surface area (Å²) in [5.74, 6) is -0.741. The van der Waals surface area contributed by atoms with Crippen LogP contribution in [-0.2, 0) is 10.4 Å². The van der Waals surface area contributed by atoms with Crippen LogP contribution in [0, 0.1) is 0 Å². The monoisotopic (exact) mass is 211 g/mol. The molecule has 1 aromatic rings. The van der Waals surface area contributed by atoms with Gasteiger partial charge in [0.2, 0.25) is 0 Å². The Kier molecular flexibility index (Phi) is 3.18. The average Bonchev–Trinajstić information content (AvgIpc) is 2.17. The molecule has 0 saturated carbocycles. The fourth-order valence-corrected chi connectivity index (χ4v) is 1.47. The van der Waals surface area contributed by atoms with E-state index < -0.39 is 11.5 Å². The van der Waals surface area contributed by atoms with E-state index in [2.05, 4.69) is 0 Å². The van der Waals surface area contributed by atoms with Gasteiger partial charge in [-0.2, -0.15) is 0 Å². The van der Waals surface area contributed by atoms with Crippen LogP contribution in [0.1, 0.15) is 12.5 Å². The molecule has 0 aliphatic rings. The Morgan fingerprint density at radius 2 is 1.93 bits per heavy atom. The minimum atomic E-state index is -1.59. The topological polar surface area (TPSA) is 63.3 Å². The van der Waals surface area contributed by atoms with Crippen LogP contribution in [0.3, 0.4) is 0 Å². The highest BCUT2D eigenvalue weighted by Crippen LogP contribution is 2.23. The van der Waals surface area contributed by atoms with Gasteiger partial charge in [0.05, 0.1) is 0 Å². The van der Waals surface area contributed by atoms with Gasteiger partial charge in [-0.25, -0.2) is 0 Å². The molecular formula is C10H13NO2S. The molecule has 3 nitrogen and oxygen atoms in total. The first-order valence-corrected chi connectivity index (χ1v) is 5.37. The summed E-state index contributed by atoms with van der Waals surface area (Å²) in [6.07, 6.45) is 1.96. The van der Waals surface area contributed by atoms with Crippen molar-refractivity contribution in [2.75, 3.05) is 6.26 Å². The Balaban J connectivity index is 3.02. The summed E-state index contributed by atoms with van der Waals surface area (Å²) in [5.41, 5.74) is 4.01. The molecule has 76 valence electrons. The van der Waals surface area contributed by atoms with Crippen LogP contribution in [-0.4, -0.2) is 17.3 Å². The summed E-state index contributed by atoms with van der Waals surface area (Å²) < 4.78 is 0. The number of carbonyl (C=O) groups excluding carboxylic acids is 1. The predicted octanol–water partition coefficient (Wildman–Crippen LogP) is 1.10. The zero-order valence-corrected chi connectivity index (χ0v) is 8.97. The molecule has 0 heterocycles. The van der Waals surface area contributed by atoms with Gasteiger partial charge in [-0.3, -0.25) is 4.79 Å². The summed E-state index contributed by atoms with van der Waals surface area (Å²) in [4.78, 5) is 12.0. The molecule has 0 bridgehead atoms. The van der Waals surface area contributed by atoms with Gasteiger partial charge < -0.3 is 10.8 Å². The molecule has 0 saturated heterocycles. The molecule has 1 aromatic carbocycles. The van der Waals surface area contributed by atoms with Crippen LogP contribution in [0.2, 0.25) is 0 Å². The van der Waals surface area contributed by atoms with Crippen LogP contribution in [0.4, 0.5) is 0 Å². The summed E-state index contributed by atoms with van der Waals surface area (Å²) in [6, 6.07) is 7.10. The van der Waals surface area contributed by atoms with Crippen LogP contribution in [0.25, 0.3) is 0 Å². The number of amides is 1. The summed E-state index contributed by atoms with van der Waals surface area (Å²) in [6.45, 7) is 1.39. The van der Waals surface area contributed by atoms with E-state index in [4.69, 9.17) is 5.73 Å². The third-order valence-electron chi connectivity index (χ3n) is 2.13. The molecular weight excluding hydrogens is 198 g/mol. The molecule has 0 aromatic heterocycles. The molecule has 1 amide bonds. The Morgan fingerprint density at radius 1 is 1.43 bits per heavy atom. The quantitative estimate of drug-likeness (QED) is 0.736. The maximum Gasteiger partial charge on any atom is 0.253 e. The molecule has 4 heteroatoms. The Hall–Kier alpha value is -1.00. The maximum absolute atomic E-state index is 10.9. The predicted molar refractivity (Wildman–Crippen MR) is 57.0 cm³/mol. The van der Waals surface area contributed by atoms with E-state index >= 15 is 0 Å². The number of rotatable bonds is 3. The second-order valence-corrected chi connectivity index (χ2v) is 4.04. The lowest BCUT2D eigenvalue weighted by Gasteiger charge is -2.19. The lowest BCUT2D eigenvalue weighted by atomic mass is 9.96. The smallest absolute Gasteiger partial charge is 0.253 e. The van der Waals surface area contributed by atoms with E-state index in [0.717, 1.165) is 4.90 Å². The number of carbonyl (C=O) groups is 1. The standard InChI is InChI=1S/C10H13NO2S/c1-10(13,9(11)12)7-3-5-8(14-2)6-4-7/h3-6,13H,1-2H3,(H2,11,12). The zero-order chi connectivity index (χ0) is 10.8. The van der Waals surface area contributed by atoms with E-state index in [-0.39, 0.29) is 0 Å². The minimum Gasteiger partial charge on any atom is -0.376 e. The highest BCUT2D eigenvalue weighted by atomic mass is 32.2. The highest BCUT2D eigenvalue weighted by molar-refractivity contribution is 7.98. The lowest BCUT2D eigenvalue weighted by Crippen LogP contribution is -2.38. The van der Waals surface area contributed by atoms with Gasteiger partial charge in [0.1, 0.15) is 0 Å². The van der Waals surface area contributed by atoms with Crippen LogP contribution in [0.5, 0.6) is 0 Å². The first-order valence-electron chi connectivity index (χ1n) is 4.15. The van der Waals surface area contributed by atoms with Crippen molar-refractivity contribution in [3.05, 3.63) is 29.8 Å². The third-order valence-corrected chi connectivity index (χ3v) is 2.88. The molecule has 0 fully saturated rings. The largest absolute Gasteiger partial charge is 0.376 e. The summed E-state index contributed by atoms with van der Waals surface area (Å²) in [7, 11) is 0. The third kappa shape index (κ3) is 2.08. The zero-order valence-electron chi connectivity index (χ0n) is 8.15. The van der Waals surface area contributed by atoms with E-state index in [1.807, 2.05) is 18.4 Å². The SMILES string of the molecule is CSc1ccc(C(C)(O)C(N)=O)cc1. The van der Waals surface area contributed by atoms with Crippen molar-refractivity contribution < 1.29 is 9.90 Å². The molecule has 1 rings (SSSR count). The van der Waals surface area contributed by atoms with E-state index in [0.29, 0.717) is 5.56 Å². The first-order chi connectivity index (χ1) is 6.48. The molecule has 0 spiro atoms. The number of aliphatic hydroxyl groups is 1. The van der Waals surface area contributed by atoms with Gasteiger partial charge in [0.25, 0.3) is 5.91 Å². The number of hydrogen-bond acceptors (Lipinski definition) is 3. The number of nitrogens with two attached hydrogens (primary N) is 1. The first kappa shape index (κ1) is 11.1. The maximum atomic E-state index is 10.9. The fourth-order valence-electron chi connectivity index (χ4n) is 1.06. The van der Waals surface area contributed by atoms with Gasteiger partial charge >= 0.3 is 0 Å². The van der Waals surface area contributed by atoms with Crippen molar-refractivity contribution in [3.63, 3.8) is 0 Å².